The van der Waals surface area contributed by atoms with E-state index in [-0.39, 0.29) is 29.5 Å². The first-order valence-electron chi connectivity index (χ1n) is 14.2. The molecule has 0 spiro atoms. The summed E-state index contributed by atoms with van der Waals surface area (Å²) in [7, 11) is -2.71. The second-order valence-corrected chi connectivity index (χ2v) is 12.5. The molecule has 4 aromatic carbocycles. The second kappa shape index (κ2) is 14.9. The van der Waals surface area contributed by atoms with Crippen molar-refractivity contribution in [2.24, 2.45) is 0 Å². The Bertz CT molecular complexity index is 1660. The smallest absolute Gasteiger partial charge is 0.264 e. The molecular formula is C34H36ClN3O5S. The minimum absolute atomic E-state index is 0.0269. The summed E-state index contributed by atoms with van der Waals surface area (Å²) in [5, 5.41) is 3.07. The Labute approximate surface area is 264 Å². The zero-order chi connectivity index (χ0) is 31.7. The Morgan fingerprint density at radius 3 is 2.16 bits per heavy atom. The topological polar surface area (TPSA) is 96.0 Å². The van der Waals surface area contributed by atoms with E-state index in [0.29, 0.717) is 17.4 Å². The maximum absolute atomic E-state index is 14.4. The third-order valence-electron chi connectivity index (χ3n) is 7.07. The molecule has 8 nitrogen and oxygen atoms in total. The lowest BCUT2D eigenvalue weighted by molar-refractivity contribution is -0.139. The number of aryl methyl sites for hydroxylation is 1. The van der Waals surface area contributed by atoms with Crippen LogP contribution in [0.25, 0.3) is 0 Å². The van der Waals surface area contributed by atoms with Gasteiger partial charge in [0.05, 0.1) is 17.2 Å². The van der Waals surface area contributed by atoms with Crippen LogP contribution in [0.3, 0.4) is 0 Å². The van der Waals surface area contributed by atoms with Gasteiger partial charge in [0.1, 0.15) is 18.3 Å². The summed E-state index contributed by atoms with van der Waals surface area (Å²) in [6.07, 6.45) is 0.241. The Kier molecular flexibility index (Phi) is 11.0. The number of sulfonamides is 1. The third-order valence-corrected chi connectivity index (χ3v) is 9.11. The van der Waals surface area contributed by atoms with Gasteiger partial charge in [-0.2, -0.15) is 0 Å². The number of likely N-dealkylation sites (N-methyl/N-ethyl adjacent to an activating group) is 1. The highest BCUT2D eigenvalue weighted by Gasteiger charge is 2.34. The molecule has 0 saturated heterocycles. The predicted octanol–water partition coefficient (Wildman–Crippen LogP) is 5.63. The van der Waals surface area contributed by atoms with Crippen molar-refractivity contribution in [2.45, 2.75) is 37.8 Å². The van der Waals surface area contributed by atoms with Crippen LogP contribution in [0.5, 0.6) is 5.75 Å². The molecule has 1 atom stereocenters. The number of nitrogens with one attached hydrogen (secondary N) is 1. The summed E-state index contributed by atoms with van der Waals surface area (Å²) in [5.74, 6) is -0.333. The fraction of sp³-hybridized carbons (Fsp3) is 0.235. The van der Waals surface area contributed by atoms with Crippen LogP contribution in [-0.4, -0.2) is 51.4 Å². The second-order valence-electron chi connectivity index (χ2n) is 10.2. The highest BCUT2D eigenvalue weighted by molar-refractivity contribution is 7.92. The molecule has 0 aliphatic rings. The maximum Gasteiger partial charge on any atom is 0.264 e. The van der Waals surface area contributed by atoms with Gasteiger partial charge in [0, 0.05) is 25.0 Å². The van der Waals surface area contributed by atoms with Crippen molar-refractivity contribution < 1.29 is 22.7 Å². The lowest BCUT2D eigenvalue weighted by Gasteiger charge is -2.33. The van der Waals surface area contributed by atoms with E-state index in [0.717, 1.165) is 21.0 Å². The molecule has 0 aliphatic heterocycles. The number of rotatable bonds is 13. The van der Waals surface area contributed by atoms with Crippen molar-refractivity contribution in [3.05, 3.63) is 125 Å². The first-order valence-corrected chi connectivity index (χ1v) is 16.1. The van der Waals surface area contributed by atoms with E-state index in [1.165, 1.54) is 36.2 Å². The minimum atomic E-state index is -4.23. The van der Waals surface area contributed by atoms with Crippen LogP contribution >= 0.6 is 11.6 Å². The van der Waals surface area contributed by atoms with Crippen LogP contribution in [-0.2, 0) is 32.6 Å². The first kappa shape index (κ1) is 32.6. The largest absolute Gasteiger partial charge is 0.494 e. The van der Waals surface area contributed by atoms with Crippen LogP contribution in [0.1, 0.15) is 23.6 Å². The minimum Gasteiger partial charge on any atom is -0.494 e. The molecule has 4 aromatic rings. The van der Waals surface area contributed by atoms with E-state index in [2.05, 4.69) is 5.32 Å². The van der Waals surface area contributed by atoms with Gasteiger partial charge in [-0.25, -0.2) is 8.42 Å². The molecule has 2 amide bonds. The number of halogens is 1. The molecule has 230 valence electrons. The molecule has 10 heteroatoms. The van der Waals surface area contributed by atoms with Gasteiger partial charge < -0.3 is 15.0 Å². The van der Waals surface area contributed by atoms with Crippen molar-refractivity contribution in [3.8, 4) is 5.75 Å². The van der Waals surface area contributed by atoms with Gasteiger partial charge in [0.15, 0.2) is 0 Å². The Morgan fingerprint density at radius 1 is 0.886 bits per heavy atom. The first-order chi connectivity index (χ1) is 21.1. The van der Waals surface area contributed by atoms with Gasteiger partial charge in [-0.15, -0.1) is 0 Å². The van der Waals surface area contributed by atoms with E-state index >= 15 is 0 Å². The fourth-order valence-electron chi connectivity index (χ4n) is 4.87. The van der Waals surface area contributed by atoms with Crippen molar-refractivity contribution >= 4 is 39.1 Å². The highest BCUT2D eigenvalue weighted by Crippen LogP contribution is 2.28. The van der Waals surface area contributed by atoms with Crippen LogP contribution < -0.4 is 14.4 Å². The van der Waals surface area contributed by atoms with E-state index in [9.17, 15) is 18.0 Å². The number of carbonyl (C=O) groups is 2. The molecule has 0 radical (unpaired) electrons. The Hall–Kier alpha value is -4.34. The normalized spacial score (nSPS) is 11.8. The molecule has 0 heterocycles. The zero-order valence-corrected chi connectivity index (χ0v) is 26.5. The number of amides is 2. The van der Waals surface area contributed by atoms with Crippen molar-refractivity contribution in [1.29, 1.82) is 0 Å². The van der Waals surface area contributed by atoms with E-state index in [1.807, 2.05) is 68.4 Å². The zero-order valence-electron chi connectivity index (χ0n) is 24.9. The summed E-state index contributed by atoms with van der Waals surface area (Å²) < 4.78 is 34.7. The van der Waals surface area contributed by atoms with Gasteiger partial charge in [0.2, 0.25) is 11.8 Å². The average molecular weight is 634 g/mol. The Morgan fingerprint density at radius 2 is 1.55 bits per heavy atom. The molecule has 44 heavy (non-hydrogen) atoms. The SMILES string of the molecule is CCOc1ccc(N(CC(=O)N(Cc2cccc(C)c2)[C@H](Cc2ccccc2)C(=O)NC)S(=O)(=O)c2ccc(Cl)cc2)cc1. The molecule has 4 rings (SSSR count). The van der Waals surface area contributed by atoms with Crippen LogP contribution in [0.2, 0.25) is 5.02 Å². The molecule has 0 fully saturated rings. The Balaban J connectivity index is 1.78. The fourth-order valence-corrected chi connectivity index (χ4v) is 6.41. The molecule has 1 N–H and O–H groups in total. The van der Waals surface area contributed by atoms with Crippen molar-refractivity contribution in [2.75, 3.05) is 24.5 Å². The monoisotopic (exact) mass is 633 g/mol. The number of hydrogen-bond donors (Lipinski definition) is 1. The van der Waals surface area contributed by atoms with E-state index in [4.69, 9.17) is 16.3 Å². The lowest BCUT2D eigenvalue weighted by Crippen LogP contribution is -2.53. The standard InChI is InChI=1S/C34H36ClN3O5S/c1-4-43-30-17-15-29(16-18-30)38(44(41,42)31-19-13-28(35)14-20-31)24-33(39)37(23-27-12-8-9-25(2)21-27)32(34(40)36-3)22-26-10-6-5-7-11-26/h5-21,32H,4,22-24H2,1-3H3,(H,36,40)/t32-/m1/s1. The number of carbonyl (C=O) groups excluding carboxylic acids is 2. The van der Waals surface area contributed by atoms with E-state index < -0.39 is 28.5 Å². The summed E-state index contributed by atoms with van der Waals surface area (Å²) in [4.78, 5) is 29.2. The number of anilines is 1. The molecule has 0 aliphatic carbocycles. The number of nitrogens with zero attached hydrogens (tertiary/aromatic N) is 2. The quantitative estimate of drug-likeness (QED) is 0.206. The van der Waals surface area contributed by atoms with Gasteiger partial charge >= 0.3 is 0 Å². The van der Waals surface area contributed by atoms with E-state index in [1.54, 1.807) is 24.3 Å². The van der Waals surface area contributed by atoms with Gasteiger partial charge in [0.25, 0.3) is 10.0 Å². The van der Waals surface area contributed by atoms with Gasteiger partial charge in [-0.3, -0.25) is 13.9 Å². The number of hydrogen-bond acceptors (Lipinski definition) is 5. The summed E-state index contributed by atoms with van der Waals surface area (Å²) >= 11 is 6.04. The van der Waals surface area contributed by atoms with Gasteiger partial charge in [-0.1, -0.05) is 71.8 Å². The lowest BCUT2D eigenvalue weighted by atomic mass is 10.0. The molecule has 0 unspecified atom stereocenters. The summed E-state index contributed by atoms with van der Waals surface area (Å²) in [6, 6.07) is 28.4. The van der Waals surface area contributed by atoms with Gasteiger partial charge in [-0.05, 0) is 73.5 Å². The summed E-state index contributed by atoms with van der Waals surface area (Å²) in [6.45, 7) is 3.80. The summed E-state index contributed by atoms with van der Waals surface area (Å²) in [5.41, 5.74) is 2.94. The van der Waals surface area contributed by atoms with Crippen LogP contribution in [0.4, 0.5) is 5.69 Å². The van der Waals surface area contributed by atoms with Crippen molar-refractivity contribution in [1.82, 2.24) is 10.2 Å². The molecule has 0 bridgehead atoms. The number of benzene rings is 4. The van der Waals surface area contributed by atoms with Crippen LogP contribution in [0.15, 0.2) is 108 Å². The average Bonchev–Trinajstić information content (AvgIpc) is 3.02. The third kappa shape index (κ3) is 8.18. The predicted molar refractivity (Wildman–Crippen MR) is 173 cm³/mol. The number of ether oxygens (including phenoxy) is 1. The maximum atomic E-state index is 14.4. The molecular weight excluding hydrogens is 598 g/mol. The highest BCUT2D eigenvalue weighted by atomic mass is 35.5. The molecule has 0 aromatic heterocycles. The molecule has 0 saturated carbocycles. The van der Waals surface area contributed by atoms with Crippen LogP contribution in [0, 0.1) is 6.92 Å². The van der Waals surface area contributed by atoms with Crippen molar-refractivity contribution in [3.63, 3.8) is 0 Å².